The van der Waals surface area contributed by atoms with Gasteiger partial charge < -0.3 is 14.5 Å². The highest BCUT2D eigenvalue weighted by Crippen LogP contribution is 2.21. The molecule has 3 aromatic rings. The maximum Gasteiger partial charge on any atom is 0.287 e. The number of benzene rings is 1. The Kier molecular flexibility index (Phi) is 6.32. The monoisotopic (exact) mass is 379 g/mol. The number of hydrogen-bond acceptors (Lipinski definition) is 4. The van der Waals surface area contributed by atoms with Crippen LogP contribution in [0, 0.1) is 0 Å². The minimum Gasteiger partial charge on any atom is -0.485 e. The molecule has 0 saturated heterocycles. The average Bonchev–Trinajstić information content (AvgIpc) is 3.37. The van der Waals surface area contributed by atoms with Gasteiger partial charge in [0.1, 0.15) is 18.1 Å². The van der Waals surface area contributed by atoms with E-state index < -0.39 is 0 Å². The Morgan fingerprint density at radius 3 is 2.93 bits per heavy atom. The summed E-state index contributed by atoms with van der Waals surface area (Å²) in [6.45, 7) is 8.70. The Bertz CT molecular complexity index is 942. The van der Waals surface area contributed by atoms with Crippen molar-refractivity contribution in [1.29, 1.82) is 0 Å². The molecule has 0 bridgehead atoms. The minimum atomic E-state index is -0.269. The molecule has 0 aliphatic heterocycles. The van der Waals surface area contributed by atoms with Crippen LogP contribution in [0.4, 0.5) is 0 Å². The predicted molar refractivity (Wildman–Crippen MR) is 107 cm³/mol. The van der Waals surface area contributed by atoms with Gasteiger partial charge in [-0.25, -0.2) is 0 Å². The van der Waals surface area contributed by atoms with Gasteiger partial charge in [-0.05, 0) is 50.1 Å². The van der Waals surface area contributed by atoms with Crippen molar-refractivity contribution < 1.29 is 13.9 Å². The van der Waals surface area contributed by atoms with Crippen molar-refractivity contribution in [3.8, 4) is 5.75 Å². The number of aryl methyl sites for hydroxylation is 1. The Hall–Kier alpha value is -3.28. The molecule has 1 aromatic carbocycles. The summed E-state index contributed by atoms with van der Waals surface area (Å²) in [4.78, 5) is 12.5. The standard InChI is InChI=1S/C22H25N3O3/c1-4-8-17-9-6-7-10-20(17)27-15-18-11-12-21(28-18)22(26)24-16(3)19-13-14-23-25(19)5-2/h4,6-7,9-14,16H,1,5,8,15H2,2-3H3,(H,24,26). The summed E-state index contributed by atoms with van der Waals surface area (Å²) in [5.41, 5.74) is 2.01. The van der Waals surface area contributed by atoms with E-state index in [4.69, 9.17) is 9.15 Å². The maximum atomic E-state index is 12.5. The zero-order valence-corrected chi connectivity index (χ0v) is 16.2. The lowest BCUT2D eigenvalue weighted by Crippen LogP contribution is -2.28. The molecule has 1 atom stereocenters. The van der Waals surface area contributed by atoms with Crippen molar-refractivity contribution in [3.63, 3.8) is 0 Å². The highest BCUT2D eigenvalue weighted by atomic mass is 16.5. The molecule has 0 radical (unpaired) electrons. The third-order valence-corrected chi connectivity index (χ3v) is 4.43. The van der Waals surface area contributed by atoms with Gasteiger partial charge in [0.2, 0.25) is 0 Å². The first kappa shape index (κ1) is 19.5. The molecule has 0 aliphatic rings. The molecule has 1 N–H and O–H groups in total. The van der Waals surface area contributed by atoms with E-state index in [1.807, 2.05) is 54.9 Å². The van der Waals surface area contributed by atoms with Gasteiger partial charge in [-0.15, -0.1) is 6.58 Å². The molecular weight excluding hydrogens is 354 g/mol. The predicted octanol–water partition coefficient (Wildman–Crippen LogP) is 4.29. The molecule has 0 fully saturated rings. The van der Waals surface area contributed by atoms with E-state index in [1.165, 1.54) is 0 Å². The average molecular weight is 379 g/mol. The number of ether oxygens (including phenoxy) is 1. The van der Waals surface area contributed by atoms with Crippen LogP contribution in [0.1, 0.15) is 47.5 Å². The molecule has 0 spiro atoms. The molecule has 6 nitrogen and oxygen atoms in total. The zero-order valence-electron chi connectivity index (χ0n) is 16.2. The Morgan fingerprint density at radius 2 is 2.14 bits per heavy atom. The van der Waals surface area contributed by atoms with Gasteiger partial charge in [-0.3, -0.25) is 9.48 Å². The van der Waals surface area contributed by atoms with Crippen LogP contribution in [0.15, 0.2) is 65.7 Å². The number of nitrogens with one attached hydrogen (secondary N) is 1. The van der Waals surface area contributed by atoms with Crippen molar-refractivity contribution in [1.82, 2.24) is 15.1 Å². The first-order valence-corrected chi connectivity index (χ1v) is 9.35. The largest absolute Gasteiger partial charge is 0.485 e. The summed E-state index contributed by atoms with van der Waals surface area (Å²) in [6, 6.07) is 12.9. The Balaban J connectivity index is 1.61. The fraction of sp³-hybridized carbons (Fsp3) is 0.273. The van der Waals surface area contributed by atoms with Crippen LogP contribution in [-0.4, -0.2) is 15.7 Å². The summed E-state index contributed by atoms with van der Waals surface area (Å²) in [5, 5.41) is 7.17. The number of hydrogen-bond donors (Lipinski definition) is 1. The lowest BCUT2D eigenvalue weighted by atomic mass is 10.1. The molecule has 2 heterocycles. The number of allylic oxidation sites excluding steroid dienone is 1. The molecular formula is C22H25N3O3. The second-order valence-electron chi connectivity index (χ2n) is 6.42. The Morgan fingerprint density at radius 1 is 1.32 bits per heavy atom. The molecule has 3 rings (SSSR count). The van der Waals surface area contributed by atoms with Crippen LogP contribution in [0.5, 0.6) is 5.75 Å². The van der Waals surface area contributed by atoms with Gasteiger partial charge in [-0.1, -0.05) is 24.3 Å². The molecule has 6 heteroatoms. The smallest absolute Gasteiger partial charge is 0.287 e. The first-order chi connectivity index (χ1) is 13.6. The van der Waals surface area contributed by atoms with Crippen LogP contribution < -0.4 is 10.1 Å². The molecule has 0 saturated carbocycles. The van der Waals surface area contributed by atoms with Crippen LogP contribution in [0.2, 0.25) is 0 Å². The summed E-state index contributed by atoms with van der Waals surface area (Å²) < 4.78 is 13.4. The maximum absolute atomic E-state index is 12.5. The van der Waals surface area contributed by atoms with Gasteiger partial charge >= 0.3 is 0 Å². The van der Waals surface area contributed by atoms with Gasteiger partial charge in [-0.2, -0.15) is 5.10 Å². The van der Waals surface area contributed by atoms with Gasteiger partial charge in [0.05, 0.1) is 11.7 Å². The lowest BCUT2D eigenvalue weighted by Gasteiger charge is -2.14. The van der Waals surface area contributed by atoms with Crippen LogP contribution in [0.25, 0.3) is 0 Å². The topological polar surface area (TPSA) is 69.3 Å². The second-order valence-corrected chi connectivity index (χ2v) is 6.42. The summed E-state index contributed by atoms with van der Waals surface area (Å²) >= 11 is 0. The van der Waals surface area contributed by atoms with Gasteiger partial charge in [0.25, 0.3) is 5.91 Å². The van der Waals surface area contributed by atoms with E-state index in [2.05, 4.69) is 17.0 Å². The van der Waals surface area contributed by atoms with E-state index >= 15 is 0 Å². The molecule has 1 amide bonds. The molecule has 0 aliphatic carbocycles. The number of amides is 1. The van der Waals surface area contributed by atoms with Crippen LogP contribution in [-0.2, 0) is 19.6 Å². The van der Waals surface area contributed by atoms with Gasteiger partial charge in [0, 0.05) is 12.7 Å². The van der Waals surface area contributed by atoms with E-state index in [9.17, 15) is 4.79 Å². The quantitative estimate of drug-likeness (QED) is 0.563. The normalized spacial score (nSPS) is 11.8. The molecule has 2 aromatic heterocycles. The third kappa shape index (κ3) is 4.52. The highest BCUT2D eigenvalue weighted by Gasteiger charge is 2.17. The highest BCUT2D eigenvalue weighted by molar-refractivity contribution is 5.91. The fourth-order valence-corrected chi connectivity index (χ4v) is 3.01. The summed E-state index contributed by atoms with van der Waals surface area (Å²) in [5.74, 6) is 1.36. The number of rotatable bonds is 9. The summed E-state index contributed by atoms with van der Waals surface area (Å²) in [7, 11) is 0. The van der Waals surface area contributed by atoms with Crippen molar-refractivity contribution in [2.24, 2.45) is 0 Å². The van der Waals surface area contributed by atoms with Crippen molar-refractivity contribution in [2.75, 3.05) is 0 Å². The third-order valence-electron chi connectivity index (χ3n) is 4.43. The second kappa shape index (κ2) is 9.08. The van der Waals surface area contributed by atoms with Crippen LogP contribution in [0.3, 0.4) is 0 Å². The molecule has 1 unspecified atom stereocenters. The number of furan rings is 1. The Labute approximate surface area is 164 Å². The number of nitrogens with zero attached hydrogens (tertiary/aromatic N) is 2. The minimum absolute atomic E-state index is 0.175. The number of aromatic nitrogens is 2. The van der Waals surface area contributed by atoms with E-state index in [0.717, 1.165) is 30.0 Å². The number of carbonyl (C=O) groups is 1. The fourth-order valence-electron chi connectivity index (χ4n) is 3.01. The molecule has 28 heavy (non-hydrogen) atoms. The first-order valence-electron chi connectivity index (χ1n) is 9.35. The molecule has 146 valence electrons. The van der Waals surface area contributed by atoms with Crippen molar-refractivity contribution in [3.05, 3.63) is 84.1 Å². The lowest BCUT2D eigenvalue weighted by molar-refractivity contribution is 0.0906. The zero-order chi connectivity index (χ0) is 19.9. The van der Waals surface area contributed by atoms with Gasteiger partial charge in [0.15, 0.2) is 5.76 Å². The van der Waals surface area contributed by atoms with Crippen molar-refractivity contribution in [2.45, 2.75) is 39.5 Å². The van der Waals surface area contributed by atoms with E-state index in [1.54, 1.807) is 18.3 Å². The summed E-state index contributed by atoms with van der Waals surface area (Å²) in [6.07, 6.45) is 4.30. The van der Waals surface area contributed by atoms with E-state index in [-0.39, 0.29) is 24.3 Å². The van der Waals surface area contributed by atoms with Crippen molar-refractivity contribution >= 4 is 5.91 Å². The van der Waals surface area contributed by atoms with Crippen LogP contribution >= 0.6 is 0 Å². The SMILES string of the molecule is C=CCc1ccccc1OCc1ccc(C(=O)NC(C)c2ccnn2CC)o1. The number of carbonyl (C=O) groups excluding carboxylic acids is 1. The number of para-hydroxylation sites is 1. The van der Waals surface area contributed by atoms with E-state index in [0.29, 0.717) is 5.76 Å².